The van der Waals surface area contributed by atoms with E-state index >= 15 is 0 Å². The lowest BCUT2D eigenvalue weighted by atomic mass is 10.1. The van der Waals surface area contributed by atoms with Crippen molar-refractivity contribution in [3.05, 3.63) is 54.0 Å². The molecule has 0 amide bonds. The molecule has 2 heterocycles. The fourth-order valence-corrected chi connectivity index (χ4v) is 2.21. The molecule has 0 aliphatic rings. The lowest BCUT2D eigenvalue weighted by Crippen LogP contribution is -2.07. The summed E-state index contributed by atoms with van der Waals surface area (Å²) in [6.07, 6.45) is -3.19. The van der Waals surface area contributed by atoms with Crippen LogP contribution < -0.4 is 0 Å². The summed E-state index contributed by atoms with van der Waals surface area (Å²) in [5.74, 6) is 0.172. The maximum Gasteiger partial charge on any atom is 0.435 e. The Morgan fingerprint density at radius 1 is 1.14 bits per heavy atom. The van der Waals surface area contributed by atoms with Gasteiger partial charge in [0.1, 0.15) is 0 Å². The average molecular weight is 312 g/mol. The molecule has 3 aromatic rings. The van der Waals surface area contributed by atoms with Crippen LogP contribution in [0.3, 0.4) is 0 Å². The highest BCUT2D eigenvalue weighted by Crippen LogP contribution is 2.29. The van der Waals surface area contributed by atoms with Gasteiger partial charge in [-0.15, -0.1) is 11.6 Å². The molecule has 108 valence electrons. The standard InChI is InChI=1S/C14H9ClF3N3/c15-8-9-7-12(10-3-1-2-4-11(10)19-9)21-6-5-13(20-21)14(16,17)18/h1-7H,8H2. The van der Waals surface area contributed by atoms with Crippen molar-refractivity contribution in [3.8, 4) is 5.69 Å². The van der Waals surface area contributed by atoms with Gasteiger partial charge in [-0.2, -0.15) is 18.3 Å². The second-order valence-corrected chi connectivity index (χ2v) is 4.69. The molecule has 21 heavy (non-hydrogen) atoms. The molecular formula is C14H9ClF3N3. The number of alkyl halides is 4. The molecule has 0 saturated carbocycles. The molecule has 7 heteroatoms. The van der Waals surface area contributed by atoms with Gasteiger partial charge in [-0.1, -0.05) is 18.2 Å². The van der Waals surface area contributed by atoms with Crippen molar-refractivity contribution in [2.75, 3.05) is 0 Å². The van der Waals surface area contributed by atoms with E-state index < -0.39 is 11.9 Å². The summed E-state index contributed by atoms with van der Waals surface area (Å²) in [6.45, 7) is 0. The zero-order valence-corrected chi connectivity index (χ0v) is 11.4. The van der Waals surface area contributed by atoms with E-state index in [1.165, 1.54) is 10.9 Å². The van der Waals surface area contributed by atoms with Crippen LogP contribution in [0.15, 0.2) is 42.6 Å². The number of nitrogens with zero attached hydrogens (tertiary/aromatic N) is 3. The Morgan fingerprint density at radius 2 is 1.90 bits per heavy atom. The van der Waals surface area contributed by atoms with Crippen molar-refractivity contribution >= 4 is 22.5 Å². The molecule has 0 N–H and O–H groups in total. The van der Waals surface area contributed by atoms with Gasteiger partial charge in [-0.05, 0) is 18.2 Å². The highest BCUT2D eigenvalue weighted by Gasteiger charge is 2.33. The van der Waals surface area contributed by atoms with Gasteiger partial charge in [0.25, 0.3) is 0 Å². The van der Waals surface area contributed by atoms with E-state index in [9.17, 15) is 13.2 Å². The third-order valence-corrected chi connectivity index (χ3v) is 3.28. The van der Waals surface area contributed by atoms with Crippen molar-refractivity contribution in [3.63, 3.8) is 0 Å². The molecule has 0 fully saturated rings. The fourth-order valence-electron chi connectivity index (χ4n) is 2.08. The van der Waals surface area contributed by atoms with Crippen molar-refractivity contribution in [2.45, 2.75) is 12.1 Å². The molecule has 3 rings (SSSR count). The Kier molecular flexibility index (Phi) is 3.33. The first-order chi connectivity index (χ1) is 9.99. The molecule has 0 atom stereocenters. The van der Waals surface area contributed by atoms with Gasteiger partial charge in [0, 0.05) is 11.6 Å². The summed E-state index contributed by atoms with van der Waals surface area (Å²) in [4.78, 5) is 4.34. The number of rotatable bonds is 2. The predicted octanol–water partition coefficient (Wildman–Crippen LogP) is 4.18. The predicted molar refractivity (Wildman–Crippen MR) is 73.4 cm³/mol. The third-order valence-electron chi connectivity index (χ3n) is 3.01. The summed E-state index contributed by atoms with van der Waals surface area (Å²) in [5, 5.41) is 4.31. The van der Waals surface area contributed by atoms with Gasteiger partial charge >= 0.3 is 6.18 Å². The summed E-state index contributed by atoms with van der Waals surface area (Å²) in [6, 6.07) is 9.75. The van der Waals surface area contributed by atoms with Gasteiger partial charge in [0.05, 0.1) is 22.8 Å². The van der Waals surface area contributed by atoms with E-state index in [0.717, 1.165) is 6.07 Å². The highest BCUT2D eigenvalue weighted by molar-refractivity contribution is 6.17. The molecule has 0 bridgehead atoms. The van der Waals surface area contributed by atoms with Crippen molar-refractivity contribution in [1.82, 2.24) is 14.8 Å². The number of hydrogen-bond acceptors (Lipinski definition) is 2. The first-order valence-electron chi connectivity index (χ1n) is 6.07. The minimum absolute atomic E-state index is 0.172. The summed E-state index contributed by atoms with van der Waals surface area (Å²) in [7, 11) is 0. The van der Waals surface area contributed by atoms with Gasteiger partial charge in [0.2, 0.25) is 0 Å². The number of fused-ring (bicyclic) bond motifs is 1. The first kappa shape index (κ1) is 13.9. The van der Waals surface area contributed by atoms with Crippen LogP contribution in [-0.4, -0.2) is 14.8 Å². The first-order valence-corrected chi connectivity index (χ1v) is 6.60. The molecule has 2 aromatic heterocycles. The van der Waals surface area contributed by atoms with Gasteiger partial charge in [0.15, 0.2) is 5.69 Å². The molecule has 0 saturated heterocycles. The normalized spacial score (nSPS) is 12.0. The number of pyridine rings is 1. The van der Waals surface area contributed by atoms with E-state index in [1.807, 2.05) is 0 Å². The van der Waals surface area contributed by atoms with Crippen LogP contribution in [0.25, 0.3) is 16.6 Å². The molecule has 0 spiro atoms. The molecule has 0 aliphatic heterocycles. The smallest absolute Gasteiger partial charge is 0.251 e. The largest absolute Gasteiger partial charge is 0.435 e. The number of para-hydroxylation sites is 1. The van der Waals surface area contributed by atoms with Crippen LogP contribution in [0.1, 0.15) is 11.4 Å². The number of hydrogen-bond donors (Lipinski definition) is 0. The average Bonchev–Trinajstić information content (AvgIpc) is 2.95. The van der Waals surface area contributed by atoms with Crippen molar-refractivity contribution in [1.29, 1.82) is 0 Å². The SMILES string of the molecule is FC(F)(F)c1ccn(-c2cc(CCl)nc3ccccc23)n1. The monoisotopic (exact) mass is 311 g/mol. The van der Waals surface area contributed by atoms with Crippen molar-refractivity contribution < 1.29 is 13.2 Å². The summed E-state index contributed by atoms with van der Waals surface area (Å²) >= 11 is 5.79. The topological polar surface area (TPSA) is 30.7 Å². The molecule has 0 radical (unpaired) electrons. The van der Waals surface area contributed by atoms with E-state index in [1.54, 1.807) is 30.3 Å². The van der Waals surface area contributed by atoms with E-state index in [0.29, 0.717) is 22.3 Å². The Labute approximate surface area is 123 Å². The molecule has 1 aromatic carbocycles. The highest BCUT2D eigenvalue weighted by atomic mass is 35.5. The third kappa shape index (κ3) is 2.58. The minimum Gasteiger partial charge on any atom is -0.251 e. The Bertz CT molecular complexity index is 796. The van der Waals surface area contributed by atoms with Crippen LogP contribution in [0.2, 0.25) is 0 Å². The Morgan fingerprint density at radius 3 is 2.57 bits per heavy atom. The Balaban J connectivity index is 2.21. The van der Waals surface area contributed by atoms with Crippen LogP contribution >= 0.6 is 11.6 Å². The Hall–Kier alpha value is -2.08. The summed E-state index contributed by atoms with van der Waals surface area (Å²) in [5.41, 5.74) is 0.826. The van der Waals surface area contributed by atoms with Gasteiger partial charge in [-0.3, -0.25) is 4.98 Å². The lowest BCUT2D eigenvalue weighted by Gasteiger charge is -2.09. The molecule has 3 nitrogen and oxygen atoms in total. The van der Waals surface area contributed by atoms with E-state index in [-0.39, 0.29) is 5.88 Å². The van der Waals surface area contributed by atoms with Crippen LogP contribution in [0, 0.1) is 0 Å². The number of halogens is 4. The van der Waals surface area contributed by atoms with Crippen LogP contribution in [0.5, 0.6) is 0 Å². The van der Waals surface area contributed by atoms with Gasteiger partial charge in [-0.25, -0.2) is 4.68 Å². The van der Waals surface area contributed by atoms with Crippen LogP contribution in [0.4, 0.5) is 13.2 Å². The van der Waals surface area contributed by atoms with Crippen LogP contribution in [-0.2, 0) is 12.1 Å². The molecular weight excluding hydrogens is 303 g/mol. The fraction of sp³-hybridized carbons (Fsp3) is 0.143. The minimum atomic E-state index is -4.47. The maximum atomic E-state index is 12.7. The zero-order valence-electron chi connectivity index (χ0n) is 10.6. The quantitative estimate of drug-likeness (QED) is 0.665. The summed E-state index contributed by atoms with van der Waals surface area (Å²) < 4.78 is 39.2. The zero-order chi connectivity index (χ0) is 15.0. The molecule has 0 aliphatic carbocycles. The van der Waals surface area contributed by atoms with Crippen molar-refractivity contribution in [2.24, 2.45) is 0 Å². The second-order valence-electron chi connectivity index (χ2n) is 4.43. The maximum absolute atomic E-state index is 12.7. The number of benzene rings is 1. The number of aromatic nitrogens is 3. The second kappa shape index (κ2) is 5.04. The van der Waals surface area contributed by atoms with E-state index in [2.05, 4.69) is 10.1 Å². The van der Waals surface area contributed by atoms with E-state index in [4.69, 9.17) is 11.6 Å². The molecule has 0 unspecified atom stereocenters. The lowest BCUT2D eigenvalue weighted by molar-refractivity contribution is -0.141. The van der Waals surface area contributed by atoms with Gasteiger partial charge < -0.3 is 0 Å².